The number of carbonyl (C=O) groups excluding carboxylic acids is 1. The lowest BCUT2D eigenvalue weighted by atomic mass is 9.71. The van der Waals surface area contributed by atoms with E-state index in [9.17, 15) is 4.79 Å². The number of hydrogen-bond donors (Lipinski definition) is 1. The number of rotatable bonds is 4. The molecule has 19 heavy (non-hydrogen) atoms. The summed E-state index contributed by atoms with van der Waals surface area (Å²) in [5.74, 6) is 0.346. The van der Waals surface area contributed by atoms with Crippen LogP contribution in [0.2, 0.25) is 0 Å². The Kier molecular flexibility index (Phi) is 4.41. The van der Waals surface area contributed by atoms with E-state index in [1.54, 1.807) is 0 Å². The van der Waals surface area contributed by atoms with Crippen LogP contribution in [0, 0.1) is 19.3 Å². The van der Waals surface area contributed by atoms with E-state index in [2.05, 4.69) is 38.2 Å². The molecule has 0 aliphatic carbocycles. The largest absolute Gasteiger partial charge is 0.316 e. The Morgan fingerprint density at radius 2 is 2.16 bits per heavy atom. The van der Waals surface area contributed by atoms with Crippen molar-refractivity contribution in [2.45, 2.75) is 46.5 Å². The standard InChI is InChI=1S/C17H25NO/c1-4-8-17(9-5-10-18-12-17)16(19)15-7-6-13(2)11-14(15)3/h6-7,11,18H,4-5,8-10,12H2,1-3H3. The van der Waals surface area contributed by atoms with Crippen LogP contribution < -0.4 is 5.32 Å². The molecule has 0 amide bonds. The second-order valence-corrected chi connectivity index (χ2v) is 5.96. The summed E-state index contributed by atoms with van der Waals surface area (Å²) in [5.41, 5.74) is 3.08. The molecule has 0 radical (unpaired) electrons. The molecule has 1 aliphatic heterocycles. The lowest BCUT2D eigenvalue weighted by molar-refractivity contribution is 0.0717. The zero-order valence-electron chi connectivity index (χ0n) is 12.4. The fourth-order valence-electron chi connectivity index (χ4n) is 3.32. The van der Waals surface area contributed by atoms with E-state index in [0.29, 0.717) is 5.78 Å². The van der Waals surface area contributed by atoms with E-state index in [0.717, 1.165) is 49.9 Å². The lowest BCUT2D eigenvalue weighted by Crippen LogP contribution is -2.45. The van der Waals surface area contributed by atoms with Gasteiger partial charge in [-0.3, -0.25) is 4.79 Å². The smallest absolute Gasteiger partial charge is 0.170 e. The first kappa shape index (κ1) is 14.3. The summed E-state index contributed by atoms with van der Waals surface area (Å²) in [5, 5.41) is 3.42. The maximum atomic E-state index is 13.0. The molecule has 0 aromatic heterocycles. The molecule has 2 heteroatoms. The van der Waals surface area contributed by atoms with Gasteiger partial charge in [0, 0.05) is 17.5 Å². The summed E-state index contributed by atoms with van der Waals surface area (Å²) in [7, 11) is 0. The highest BCUT2D eigenvalue weighted by molar-refractivity contribution is 6.02. The molecule has 0 saturated carbocycles. The number of carbonyl (C=O) groups is 1. The van der Waals surface area contributed by atoms with Crippen molar-refractivity contribution in [2.75, 3.05) is 13.1 Å². The quantitative estimate of drug-likeness (QED) is 0.836. The minimum absolute atomic E-state index is 0.174. The third kappa shape index (κ3) is 2.89. The van der Waals surface area contributed by atoms with Crippen molar-refractivity contribution in [2.24, 2.45) is 5.41 Å². The number of piperidine rings is 1. The van der Waals surface area contributed by atoms with Crippen LogP contribution in [0.25, 0.3) is 0 Å². The summed E-state index contributed by atoms with van der Waals surface area (Å²) in [6.07, 6.45) is 4.20. The van der Waals surface area contributed by atoms with Gasteiger partial charge in [-0.2, -0.15) is 0 Å². The van der Waals surface area contributed by atoms with Crippen LogP contribution in [-0.2, 0) is 0 Å². The van der Waals surface area contributed by atoms with Gasteiger partial charge in [-0.05, 0) is 45.2 Å². The van der Waals surface area contributed by atoms with Crippen LogP contribution in [0.15, 0.2) is 18.2 Å². The summed E-state index contributed by atoms with van der Waals surface area (Å²) in [6.45, 7) is 8.19. The maximum absolute atomic E-state index is 13.0. The molecule has 1 atom stereocenters. The Morgan fingerprint density at radius 3 is 2.74 bits per heavy atom. The molecule has 1 fully saturated rings. The van der Waals surface area contributed by atoms with Gasteiger partial charge in [0.05, 0.1) is 0 Å². The summed E-state index contributed by atoms with van der Waals surface area (Å²) in [6, 6.07) is 6.18. The summed E-state index contributed by atoms with van der Waals surface area (Å²) >= 11 is 0. The third-order valence-electron chi connectivity index (χ3n) is 4.31. The molecule has 1 heterocycles. The average molecular weight is 259 g/mol. The number of ketones is 1. The Balaban J connectivity index is 2.33. The molecule has 2 nitrogen and oxygen atoms in total. The van der Waals surface area contributed by atoms with Crippen LogP contribution in [0.3, 0.4) is 0 Å². The number of hydrogen-bond acceptors (Lipinski definition) is 2. The van der Waals surface area contributed by atoms with E-state index in [1.165, 1.54) is 5.56 Å². The highest BCUT2D eigenvalue weighted by Gasteiger charge is 2.39. The molecule has 0 spiro atoms. The van der Waals surface area contributed by atoms with Crippen molar-refractivity contribution < 1.29 is 4.79 Å². The second kappa shape index (κ2) is 5.87. The van der Waals surface area contributed by atoms with Crippen LogP contribution in [0.5, 0.6) is 0 Å². The van der Waals surface area contributed by atoms with Gasteiger partial charge >= 0.3 is 0 Å². The molecule has 1 aromatic carbocycles. The predicted molar refractivity (Wildman–Crippen MR) is 79.7 cm³/mol. The molecule has 1 aromatic rings. The molecule has 1 unspecified atom stereocenters. The van der Waals surface area contributed by atoms with Crippen LogP contribution in [-0.4, -0.2) is 18.9 Å². The SMILES string of the molecule is CCCC1(C(=O)c2ccc(C)cc2C)CCCNC1. The van der Waals surface area contributed by atoms with Gasteiger partial charge in [0.2, 0.25) is 0 Å². The first-order valence-corrected chi connectivity index (χ1v) is 7.42. The molecular weight excluding hydrogens is 234 g/mol. The number of nitrogens with one attached hydrogen (secondary N) is 1. The minimum Gasteiger partial charge on any atom is -0.316 e. The van der Waals surface area contributed by atoms with Crippen molar-refractivity contribution in [3.8, 4) is 0 Å². The zero-order valence-corrected chi connectivity index (χ0v) is 12.4. The molecule has 2 rings (SSSR count). The van der Waals surface area contributed by atoms with Gasteiger partial charge in [-0.15, -0.1) is 0 Å². The van der Waals surface area contributed by atoms with E-state index < -0.39 is 0 Å². The molecule has 1 aliphatic rings. The van der Waals surface area contributed by atoms with Crippen LogP contribution >= 0.6 is 0 Å². The molecule has 0 bridgehead atoms. The second-order valence-electron chi connectivity index (χ2n) is 5.96. The van der Waals surface area contributed by atoms with Gasteiger partial charge in [-0.25, -0.2) is 0 Å². The number of aryl methyl sites for hydroxylation is 2. The molecule has 1 N–H and O–H groups in total. The van der Waals surface area contributed by atoms with Crippen molar-refractivity contribution in [1.82, 2.24) is 5.32 Å². The Morgan fingerprint density at radius 1 is 1.37 bits per heavy atom. The van der Waals surface area contributed by atoms with Crippen molar-refractivity contribution in [3.63, 3.8) is 0 Å². The Bertz CT molecular complexity index is 453. The van der Waals surface area contributed by atoms with Gasteiger partial charge in [0.25, 0.3) is 0 Å². The fraction of sp³-hybridized carbons (Fsp3) is 0.588. The third-order valence-corrected chi connectivity index (χ3v) is 4.31. The molecular formula is C17H25NO. The summed E-state index contributed by atoms with van der Waals surface area (Å²) < 4.78 is 0. The van der Waals surface area contributed by atoms with E-state index in [4.69, 9.17) is 0 Å². The first-order valence-electron chi connectivity index (χ1n) is 7.42. The lowest BCUT2D eigenvalue weighted by Gasteiger charge is -2.36. The van der Waals surface area contributed by atoms with Crippen LogP contribution in [0.1, 0.15) is 54.1 Å². The zero-order chi connectivity index (χ0) is 13.9. The highest BCUT2D eigenvalue weighted by atomic mass is 16.1. The predicted octanol–water partition coefficient (Wildman–Crippen LogP) is 3.66. The normalized spacial score (nSPS) is 23.3. The molecule has 1 saturated heterocycles. The summed E-state index contributed by atoms with van der Waals surface area (Å²) in [4.78, 5) is 13.0. The van der Waals surface area contributed by atoms with Gasteiger partial charge in [0.15, 0.2) is 5.78 Å². The monoisotopic (exact) mass is 259 g/mol. The van der Waals surface area contributed by atoms with Crippen molar-refractivity contribution in [3.05, 3.63) is 34.9 Å². The Hall–Kier alpha value is -1.15. The van der Waals surface area contributed by atoms with E-state index in [-0.39, 0.29) is 5.41 Å². The topological polar surface area (TPSA) is 29.1 Å². The highest BCUT2D eigenvalue weighted by Crippen LogP contribution is 2.36. The average Bonchev–Trinajstić information content (AvgIpc) is 2.39. The first-order chi connectivity index (χ1) is 9.09. The van der Waals surface area contributed by atoms with Gasteiger partial charge in [-0.1, -0.05) is 37.1 Å². The van der Waals surface area contributed by atoms with Crippen LogP contribution in [0.4, 0.5) is 0 Å². The minimum atomic E-state index is -0.174. The van der Waals surface area contributed by atoms with Gasteiger partial charge < -0.3 is 5.32 Å². The van der Waals surface area contributed by atoms with E-state index in [1.807, 2.05) is 6.07 Å². The Labute approximate surface area is 116 Å². The number of Topliss-reactive ketones (excluding diaryl/α,β-unsaturated/α-hetero) is 1. The number of benzene rings is 1. The fourth-order valence-corrected chi connectivity index (χ4v) is 3.32. The van der Waals surface area contributed by atoms with E-state index >= 15 is 0 Å². The van der Waals surface area contributed by atoms with Crippen molar-refractivity contribution >= 4 is 5.78 Å². The van der Waals surface area contributed by atoms with Crippen molar-refractivity contribution in [1.29, 1.82) is 0 Å². The van der Waals surface area contributed by atoms with Gasteiger partial charge in [0.1, 0.15) is 0 Å². The maximum Gasteiger partial charge on any atom is 0.170 e. The molecule has 104 valence electrons.